The predicted molar refractivity (Wildman–Crippen MR) is 79.5 cm³/mol. The van der Waals surface area contributed by atoms with Crippen LogP contribution in [0.1, 0.15) is 19.8 Å². The number of benzene rings is 1. The maximum absolute atomic E-state index is 12.2. The van der Waals surface area contributed by atoms with Crippen LogP contribution in [0.15, 0.2) is 42.6 Å². The lowest BCUT2D eigenvalue weighted by molar-refractivity contribution is -0.136. The van der Waals surface area contributed by atoms with Gasteiger partial charge in [-0.15, -0.1) is 5.10 Å². The van der Waals surface area contributed by atoms with Gasteiger partial charge in [-0.3, -0.25) is 4.79 Å². The molecule has 1 aromatic carbocycles. The molecule has 0 bridgehead atoms. The summed E-state index contributed by atoms with van der Waals surface area (Å²) in [5.41, 5.74) is 0.964. The van der Waals surface area contributed by atoms with E-state index in [9.17, 15) is 4.79 Å². The molecule has 5 nitrogen and oxygen atoms in total. The molecule has 1 aliphatic rings. The number of hydrogen-bond donors (Lipinski definition) is 0. The monoisotopic (exact) mass is 285 g/mol. The van der Waals surface area contributed by atoms with Crippen LogP contribution in [-0.2, 0) is 4.79 Å². The summed E-state index contributed by atoms with van der Waals surface area (Å²) < 4.78 is 7.41. The highest BCUT2D eigenvalue weighted by Gasteiger charge is 2.24. The lowest BCUT2D eigenvalue weighted by Gasteiger charge is -2.20. The summed E-state index contributed by atoms with van der Waals surface area (Å²) >= 11 is 0. The van der Waals surface area contributed by atoms with E-state index in [0.717, 1.165) is 31.6 Å². The summed E-state index contributed by atoms with van der Waals surface area (Å²) in [6.07, 6.45) is 3.50. The molecule has 110 valence electrons. The first-order valence-corrected chi connectivity index (χ1v) is 7.30. The van der Waals surface area contributed by atoms with E-state index in [0.29, 0.717) is 5.88 Å². The second-order valence-electron chi connectivity index (χ2n) is 5.23. The number of amides is 1. The largest absolute Gasteiger partial charge is 0.463 e. The van der Waals surface area contributed by atoms with Crippen LogP contribution in [0.3, 0.4) is 0 Å². The van der Waals surface area contributed by atoms with Gasteiger partial charge < -0.3 is 9.64 Å². The molecule has 0 unspecified atom stereocenters. The normalized spacial score (nSPS) is 16.0. The standard InChI is InChI=1S/C16H19N3O2/c1-13(16(20)18-10-5-6-11-18)21-15-9-12-19(17-15)14-7-3-2-4-8-14/h2-4,7-9,12-13H,5-6,10-11H2,1H3/t13-/m0/s1. The van der Waals surface area contributed by atoms with Gasteiger partial charge in [-0.1, -0.05) is 18.2 Å². The van der Waals surface area contributed by atoms with Gasteiger partial charge >= 0.3 is 0 Å². The number of rotatable bonds is 4. The average molecular weight is 285 g/mol. The molecule has 1 amide bonds. The van der Waals surface area contributed by atoms with Crippen LogP contribution < -0.4 is 4.74 Å². The van der Waals surface area contributed by atoms with Crippen molar-refractivity contribution >= 4 is 5.91 Å². The Balaban J connectivity index is 1.65. The molecule has 5 heteroatoms. The van der Waals surface area contributed by atoms with E-state index in [1.165, 1.54) is 0 Å². The van der Waals surface area contributed by atoms with Gasteiger partial charge in [0.05, 0.1) is 5.69 Å². The van der Waals surface area contributed by atoms with E-state index in [1.54, 1.807) is 17.7 Å². The zero-order valence-electron chi connectivity index (χ0n) is 12.1. The van der Waals surface area contributed by atoms with Crippen molar-refractivity contribution in [3.63, 3.8) is 0 Å². The first-order valence-electron chi connectivity index (χ1n) is 7.30. The average Bonchev–Trinajstić information content (AvgIpc) is 3.19. The maximum Gasteiger partial charge on any atom is 0.263 e. The Hall–Kier alpha value is -2.30. The van der Waals surface area contributed by atoms with Crippen LogP contribution in [0.4, 0.5) is 0 Å². The molecule has 0 N–H and O–H groups in total. The van der Waals surface area contributed by atoms with Crippen LogP contribution >= 0.6 is 0 Å². The highest BCUT2D eigenvalue weighted by atomic mass is 16.5. The summed E-state index contributed by atoms with van der Waals surface area (Å²) in [6.45, 7) is 3.46. The van der Waals surface area contributed by atoms with Crippen molar-refractivity contribution in [2.75, 3.05) is 13.1 Å². The molecule has 0 saturated carbocycles. The van der Waals surface area contributed by atoms with Gasteiger partial charge in [0.2, 0.25) is 5.88 Å². The van der Waals surface area contributed by atoms with E-state index < -0.39 is 6.10 Å². The molecule has 0 radical (unpaired) electrons. The number of hydrogen-bond acceptors (Lipinski definition) is 3. The molecule has 3 rings (SSSR count). The molecule has 1 fully saturated rings. The van der Waals surface area contributed by atoms with Crippen molar-refractivity contribution < 1.29 is 9.53 Å². The molecule has 1 aromatic heterocycles. The fourth-order valence-electron chi connectivity index (χ4n) is 2.52. The summed E-state index contributed by atoms with van der Waals surface area (Å²) in [4.78, 5) is 14.1. The third-order valence-corrected chi connectivity index (χ3v) is 3.65. The third-order valence-electron chi connectivity index (χ3n) is 3.65. The summed E-state index contributed by atoms with van der Waals surface area (Å²) in [5, 5.41) is 4.35. The Kier molecular flexibility index (Phi) is 3.90. The first kappa shape index (κ1) is 13.7. The summed E-state index contributed by atoms with van der Waals surface area (Å²) in [6, 6.07) is 11.6. The number of carbonyl (C=O) groups is 1. The van der Waals surface area contributed by atoms with Crippen LogP contribution in [0.25, 0.3) is 5.69 Å². The molecular weight excluding hydrogens is 266 g/mol. The number of nitrogens with zero attached hydrogens (tertiary/aromatic N) is 3. The Bertz CT molecular complexity index is 603. The van der Waals surface area contributed by atoms with E-state index in [-0.39, 0.29) is 5.91 Å². The zero-order chi connectivity index (χ0) is 14.7. The molecular formula is C16H19N3O2. The SMILES string of the molecule is C[C@H](Oc1ccn(-c2ccccc2)n1)C(=O)N1CCCC1. The smallest absolute Gasteiger partial charge is 0.263 e. The van der Waals surface area contributed by atoms with Crippen molar-refractivity contribution in [1.82, 2.24) is 14.7 Å². The quantitative estimate of drug-likeness (QED) is 0.865. The van der Waals surface area contributed by atoms with Crippen LogP contribution in [0.5, 0.6) is 5.88 Å². The van der Waals surface area contributed by atoms with Crippen molar-refractivity contribution in [3.8, 4) is 11.6 Å². The highest BCUT2D eigenvalue weighted by Crippen LogP contribution is 2.15. The molecule has 21 heavy (non-hydrogen) atoms. The topological polar surface area (TPSA) is 47.4 Å². The lowest BCUT2D eigenvalue weighted by atomic mass is 10.3. The molecule has 1 saturated heterocycles. The minimum Gasteiger partial charge on any atom is -0.463 e. The minimum atomic E-state index is -0.498. The van der Waals surface area contributed by atoms with E-state index in [1.807, 2.05) is 41.4 Å². The van der Waals surface area contributed by atoms with Crippen molar-refractivity contribution in [2.24, 2.45) is 0 Å². The van der Waals surface area contributed by atoms with E-state index in [2.05, 4.69) is 5.10 Å². The predicted octanol–water partition coefficient (Wildman–Crippen LogP) is 2.26. The number of ether oxygens (including phenoxy) is 1. The number of aromatic nitrogens is 2. The van der Waals surface area contributed by atoms with Gasteiger partial charge in [0, 0.05) is 25.4 Å². The van der Waals surface area contributed by atoms with E-state index >= 15 is 0 Å². The molecule has 0 aliphatic carbocycles. The molecule has 0 spiro atoms. The van der Waals surface area contributed by atoms with Crippen molar-refractivity contribution in [2.45, 2.75) is 25.9 Å². The number of likely N-dealkylation sites (tertiary alicyclic amines) is 1. The lowest BCUT2D eigenvalue weighted by Crippen LogP contribution is -2.38. The van der Waals surface area contributed by atoms with Gasteiger partial charge in [0.25, 0.3) is 5.91 Å². The zero-order valence-corrected chi connectivity index (χ0v) is 12.1. The molecule has 1 atom stereocenters. The van der Waals surface area contributed by atoms with Crippen LogP contribution in [0, 0.1) is 0 Å². The fraction of sp³-hybridized carbons (Fsp3) is 0.375. The fourth-order valence-corrected chi connectivity index (χ4v) is 2.52. The van der Waals surface area contributed by atoms with Gasteiger partial charge in [-0.2, -0.15) is 0 Å². The maximum atomic E-state index is 12.2. The Labute approximate surface area is 124 Å². The second kappa shape index (κ2) is 5.99. The molecule has 2 heterocycles. The third kappa shape index (κ3) is 3.07. The number of carbonyl (C=O) groups excluding carboxylic acids is 1. The Morgan fingerprint density at radius 1 is 1.19 bits per heavy atom. The highest BCUT2D eigenvalue weighted by molar-refractivity contribution is 5.81. The first-order chi connectivity index (χ1) is 10.2. The van der Waals surface area contributed by atoms with Gasteiger partial charge in [0.1, 0.15) is 0 Å². The number of para-hydroxylation sites is 1. The second-order valence-corrected chi connectivity index (χ2v) is 5.23. The molecule has 2 aromatic rings. The summed E-state index contributed by atoms with van der Waals surface area (Å²) in [7, 11) is 0. The minimum absolute atomic E-state index is 0.0433. The Morgan fingerprint density at radius 2 is 1.90 bits per heavy atom. The van der Waals surface area contributed by atoms with E-state index in [4.69, 9.17) is 4.74 Å². The summed E-state index contributed by atoms with van der Waals surface area (Å²) in [5.74, 6) is 0.515. The van der Waals surface area contributed by atoms with Crippen molar-refractivity contribution in [3.05, 3.63) is 42.6 Å². The Morgan fingerprint density at radius 3 is 2.62 bits per heavy atom. The van der Waals surface area contributed by atoms with Crippen LogP contribution in [0.2, 0.25) is 0 Å². The van der Waals surface area contributed by atoms with Gasteiger partial charge in [0.15, 0.2) is 6.10 Å². The van der Waals surface area contributed by atoms with Crippen LogP contribution in [-0.4, -0.2) is 39.8 Å². The van der Waals surface area contributed by atoms with Gasteiger partial charge in [-0.05, 0) is 31.9 Å². The van der Waals surface area contributed by atoms with Gasteiger partial charge in [-0.25, -0.2) is 4.68 Å². The van der Waals surface area contributed by atoms with Crippen molar-refractivity contribution in [1.29, 1.82) is 0 Å². The molecule has 1 aliphatic heterocycles.